The van der Waals surface area contributed by atoms with E-state index in [4.69, 9.17) is 4.74 Å². The molecule has 0 saturated carbocycles. The van der Waals surface area contributed by atoms with Crippen LogP contribution in [0, 0.1) is 12.7 Å². The molecule has 2 fully saturated rings. The Bertz CT molecular complexity index is 1170. The first-order chi connectivity index (χ1) is 16.6. The third-order valence-corrected chi connectivity index (χ3v) is 8.13. The number of ether oxygens (including phenoxy) is 1. The van der Waals surface area contributed by atoms with Crippen LogP contribution in [0.1, 0.15) is 16.5 Å². The van der Waals surface area contributed by atoms with Crippen molar-refractivity contribution in [2.24, 2.45) is 0 Å². The van der Waals surface area contributed by atoms with Crippen molar-refractivity contribution in [2.75, 3.05) is 49.3 Å². The predicted molar refractivity (Wildman–Crippen MR) is 133 cm³/mol. The van der Waals surface area contributed by atoms with E-state index in [1.54, 1.807) is 28.8 Å². The minimum atomic E-state index is -0.299. The first-order valence-corrected chi connectivity index (χ1v) is 13.3. The van der Waals surface area contributed by atoms with Gasteiger partial charge in [-0.15, -0.1) is 22.0 Å². The number of rotatable bonds is 6. The molecule has 1 aromatic heterocycles. The number of benzene rings is 2. The number of anilines is 1. The zero-order valence-electron chi connectivity index (χ0n) is 18.9. The molecule has 3 heterocycles. The Hall–Kier alpha value is -2.56. The van der Waals surface area contributed by atoms with Gasteiger partial charge in [-0.2, -0.15) is 0 Å². The molecular formula is C24H26FN5O2S2. The lowest BCUT2D eigenvalue weighted by Crippen LogP contribution is -2.38. The summed E-state index contributed by atoms with van der Waals surface area (Å²) in [5.41, 5.74) is 2.64. The molecule has 2 aliphatic rings. The zero-order chi connectivity index (χ0) is 23.5. The number of morpholine rings is 1. The molecule has 0 radical (unpaired) electrons. The molecule has 2 aliphatic heterocycles. The molecule has 0 N–H and O–H groups in total. The summed E-state index contributed by atoms with van der Waals surface area (Å²) in [4.78, 5) is 17.2. The van der Waals surface area contributed by atoms with E-state index in [0.717, 1.165) is 36.0 Å². The molecule has 0 spiro atoms. The van der Waals surface area contributed by atoms with Gasteiger partial charge in [-0.05, 0) is 24.6 Å². The molecular weight excluding hydrogens is 473 g/mol. The number of para-hydroxylation sites is 1. The summed E-state index contributed by atoms with van der Waals surface area (Å²) < 4.78 is 21.9. The van der Waals surface area contributed by atoms with Crippen LogP contribution in [0.15, 0.2) is 53.7 Å². The van der Waals surface area contributed by atoms with Gasteiger partial charge in [-0.3, -0.25) is 9.36 Å². The topological polar surface area (TPSA) is 63.5 Å². The number of aryl methyl sites for hydroxylation is 1. The molecule has 2 saturated heterocycles. The van der Waals surface area contributed by atoms with E-state index < -0.39 is 0 Å². The second-order valence-corrected chi connectivity index (χ2v) is 10.3. The van der Waals surface area contributed by atoms with Crippen molar-refractivity contribution in [3.63, 3.8) is 0 Å². The average molecular weight is 500 g/mol. The Morgan fingerprint density at radius 1 is 1.12 bits per heavy atom. The summed E-state index contributed by atoms with van der Waals surface area (Å²) in [7, 11) is 0. The number of aromatic nitrogens is 3. The van der Waals surface area contributed by atoms with Crippen molar-refractivity contribution in [3.8, 4) is 5.69 Å². The Morgan fingerprint density at radius 2 is 1.88 bits per heavy atom. The molecule has 0 aliphatic carbocycles. The maximum Gasteiger partial charge on any atom is 0.234 e. The number of halogens is 1. The SMILES string of the molecule is Cc1ccccc1-n1c(SCC(=O)N2CCSC2c2ccccc2F)nnc1N1CCOCC1. The van der Waals surface area contributed by atoms with Crippen molar-refractivity contribution in [1.82, 2.24) is 19.7 Å². The Balaban J connectivity index is 1.38. The van der Waals surface area contributed by atoms with Crippen LogP contribution in [0.4, 0.5) is 10.3 Å². The van der Waals surface area contributed by atoms with Crippen molar-refractivity contribution in [3.05, 3.63) is 65.5 Å². The largest absolute Gasteiger partial charge is 0.378 e. The third kappa shape index (κ3) is 4.67. The van der Waals surface area contributed by atoms with E-state index in [9.17, 15) is 9.18 Å². The lowest BCUT2D eigenvalue weighted by Gasteiger charge is -2.28. The Kier molecular flexibility index (Phi) is 7.07. The minimum absolute atomic E-state index is 0.0319. The van der Waals surface area contributed by atoms with Gasteiger partial charge in [0.05, 0.1) is 24.7 Å². The van der Waals surface area contributed by atoms with Crippen molar-refractivity contribution in [1.29, 1.82) is 0 Å². The number of amides is 1. The molecule has 178 valence electrons. The number of hydrogen-bond acceptors (Lipinski definition) is 7. The molecule has 34 heavy (non-hydrogen) atoms. The number of carbonyl (C=O) groups is 1. The van der Waals surface area contributed by atoms with Gasteiger partial charge in [0.2, 0.25) is 11.9 Å². The number of nitrogens with zero attached hydrogens (tertiary/aromatic N) is 5. The van der Waals surface area contributed by atoms with Crippen LogP contribution >= 0.6 is 23.5 Å². The van der Waals surface area contributed by atoms with Crippen molar-refractivity contribution >= 4 is 35.4 Å². The lowest BCUT2D eigenvalue weighted by molar-refractivity contribution is -0.128. The van der Waals surface area contributed by atoms with Crippen LogP contribution in [-0.4, -0.2) is 69.9 Å². The summed E-state index contributed by atoms with van der Waals surface area (Å²) in [5, 5.41) is 9.31. The first-order valence-electron chi connectivity index (χ1n) is 11.3. The summed E-state index contributed by atoms with van der Waals surface area (Å²) >= 11 is 2.97. The van der Waals surface area contributed by atoms with Crippen molar-refractivity contribution in [2.45, 2.75) is 17.5 Å². The summed E-state index contributed by atoms with van der Waals surface area (Å²) in [6.45, 7) is 5.42. The summed E-state index contributed by atoms with van der Waals surface area (Å²) in [6.07, 6.45) is 0. The maximum absolute atomic E-state index is 14.4. The minimum Gasteiger partial charge on any atom is -0.378 e. The van der Waals surface area contributed by atoms with Crippen LogP contribution in [0.3, 0.4) is 0 Å². The highest BCUT2D eigenvalue weighted by molar-refractivity contribution is 8.00. The van der Waals surface area contributed by atoms with Gasteiger partial charge in [-0.25, -0.2) is 4.39 Å². The van der Waals surface area contributed by atoms with Gasteiger partial charge in [0.1, 0.15) is 11.2 Å². The highest BCUT2D eigenvalue weighted by atomic mass is 32.2. The van der Waals surface area contributed by atoms with Gasteiger partial charge >= 0.3 is 0 Å². The van der Waals surface area contributed by atoms with Gasteiger partial charge in [0.15, 0.2) is 5.16 Å². The molecule has 1 unspecified atom stereocenters. The fourth-order valence-electron chi connectivity index (χ4n) is 4.22. The normalized spacial score (nSPS) is 18.5. The number of thioether (sulfide) groups is 2. The smallest absolute Gasteiger partial charge is 0.234 e. The monoisotopic (exact) mass is 499 g/mol. The number of carbonyl (C=O) groups excluding carboxylic acids is 1. The molecule has 1 atom stereocenters. The number of hydrogen-bond donors (Lipinski definition) is 0. The summed E-state index contributed by atoms with van der Waals surface area (Å²) in [5.74, 6) is 1.44. The van der Waals surface area contributed by atoms with Crippen LogP contribution < -0.4 is 4.90 Å². The van der Waals surface area contributed by atoms with Gasteiger partial charge in [-0.1, -0.05) is 48.2 Å². The first kappa shape index (κ1) is 23.2. The molecule has 10 heteroatoms. The standard InChI is InChI=1S/C24H26FN5O2S2/c1-17-6-2-5-9-20(17)30-23(28-10-13-32-14-11-28)26-27-24(30)34-16-21(31)29-12-15-33-22(29)18-7-3-4-8-19(18)25/h2-9,22H,10-16H2,1H3. The predicted octanol–water partition coefficient (Wildman–Crippen LogP) is 3.92. The van der Waals surface area contributed by atoms with E-state index in [2.05, 4.69) is 28.1 Å². The average Bonchev–Trinajstić information content (AvgIpc) is 3.51. The third-order valence-electron chi connectivity index (χ3n) is 5.97. The van der Waals surface area contributed by atoms with Gasteiger partial charge < -0.3 is 14.5 Å². The van der Waals surface area contributed by atoms with Gasteiger partial charge in [0.25, 0.3) is 0 Å². The quantitative estimate of drug-likeness (QED) is 0.477. The van der Waals surface area contributed by atoms with E-state index >= 15 is 0 Å². The van der Waals surface area contributed by atoms with Crippen LogP contribution in [0.25, 0.3) is 5.69 Å². The second-order valence-electron chi connectivity index (χ2n) is 8.12. The Labute approximate surface area is 206 Å². The van der Waals surface area contributed by atoms with Crippen LogP contribution in [0.2, 0.25) is 0 Å². The molecule has 2 aromatic carbocycles. The molecule has 3 aromatic rings. The fourth-order valence-corrected chi connectivity index (χ4v) is 6.34. The highest BCUT2D eigenvalue weighted by Gasteiger charge is 2.32. The van der Waals surface area contributed by atoms with Crippen LogP contribution in [0.5, 0.6) is 0 Å². The molecule has 0 bridgehead atoms. The molecule has 5 rings (SSSR count). The highest BCUT2D eigenvalue weighted by Crippen LogP contribution is 2.39. The Morgan fingerprint density at radius 3 is 2.68 bits per heavy atom. The molecule has 1 amide bonds. The van der Waals surface area contributed by atoms with E-state index in [1.807, 2.05) is 28.8 Å². The fraction of sp³-hybridized carbons (Fsp3) is 0.375. The van der Waals surface area contributed by atoms with E-state index in [1.165, 1.54) is 17.8 Å². The zero-order valence-corrected chi connectivity index (χ0v) is 20.5. The van der Waals surface area contributed by atoms with Crippen LogP contribution in [-0.2, 0) is 9.53 Å². The van der Waals surface area contributed by atoms with Gasteiger partial charge in [0, 0.05) is 31.0 Å². The van der Waals surface area contributed by atoms with Crippen molar-refractivity contribution < 1.29 is 13.9 Å². The second kappa shape index (κ2) is 10.4. The molecule has 7 nitrogen and oxygen atoms in total. The summed E-state index contributed by atoms with van der Waals surface area (Å²) in [6, 6.07) is 14.8. The maximum atomic E-state index is 14.4. The van der Waals surface area contributed by atoms with E-state index in [0.29, 0.717) is 30.5 Å². The van der Waals surface area contributed by atoms with E-state index in [-0.39, 0.29) is 22.9 Å². The lowest BCUT2D eigenvalue weighted by atomic mass is 10.2.